The van der Waals surface area contributed by atoms with Gasteiger partial charge in [-0.05, 0) is 42.5 Å². The molecule has 3 amide bonds. The number of para-hydroxylation sites is 2. The summed E-state index contributed by atoms with van der Waals surface area (Å²) in [5.74, 6) is -2.38. The largest absolute Gasteiger partial charge is 0.301 e. The maximum atomic E-state index is 15.2. The van der Waals surface area contributed by atoms with Gasteiger partial charge < -0.3 is 4.90 Å². The molecule has 2 aliphatic heterocycles. The summed E-state index contributed by atoms with van der Waals surface area (Å²) in [4.78, 5) is 53.1. The first kappa shape index (κ1) is 24.1. The number of halogens is 1. The fourth-order valence-electron chi connectivity index (χ4n) is 5.17. The maximum Gasteiger partial charge on any atom is 0.273 e. The molecule has 0 aliphatic carbocycles. The van der Waals surface area contributed by atoms with Crippen molar-refractivity contribution < 1.29 is 18.8 Å². The van der Waals surface area contributed by atoms with Gasteiger partial charge in [0, 0.05) is 11.1 Å². The Balaban J connectivity index is 1.42. The van der Waals surface area contributed by atoms with Gasteiger partial charge in [-0.1, -0.05) is 54.6 Å². The lowest BCUT2D eigenvalue weighted by atomic mass is 10.00. The van der Waals surface area contributed by atoms with Gasteiger partial charge >= 0.3 is 0 Å². The topological polar surface area (TPSA) is 82.9 Å². The van der Waals surface area contributed by atoms with E-state index in [1.165, 1.54) is 22.3 Å². The first-order valence-corrected chi connectivity index (χ1v) is 13.4. The zero-order valence-electron chi connectivity index (χ0n) is 20.8. The fraction of sp³-hybridized carbons (Fsp3) is 0.0645. The van der Waals surface area contributed by atoms with Crippen molar-refractivity contribution in [2.75, 3.05) is 4.90 Å². The summed E-state index contributed by atoms with van der Waals surface area (Å²) < 4.78 is 16.2. The fourth-order valence-corrected chi connectivity index (χ4v) is 6.12. The summed E-state index contributed by atoms with van der Waals surface area (Å²) in [6.07, 6.45) is -1.55. The number of rotatable bonds is 4. The molecule has 194 valence electrons. The molecule has 4 aromatic carbocycles. The number of hydrogen-bond donors (Lipinski definition) is 0. The molecule has 7 nitrogen and oxygen atoms in total. The molecule has 5 aromatic rings. The van der Waals surface area contributed by atoms with Crippen LogP contribution in [0.5, 0.6) is 0 Å². The summed E-state index contributed by atoms with van der Waals surface area (Å²) in [5, 5.41) is 0.666. The Morgan fingerprint density at radius 1 is 0.725 bits per heavy atom. The summed E-state index contributed by atoms with van der Waals surface area (Å²) in [6.45, 7) is 0.0783. The smallest absolute Gasteiger partial charge is 0.273 e. The molecule has 1 aromatic heterocycles. The summed E-state index contributed by atoms with van der Waals surface area (Å²) in [5.41, 5.74) is 2.51. The molecule has 0 N–H and O–H groups in total. The van der Waals surface area contributed by atoms with Crippen LogP contribution in [0, 0.1) is 5.82 Å². The molecule has 0 saturated heterocycles. The predicted molar refractivity (Wildman–Crippen MR) is 150 cm³/mol. The van der Waals surface area contributed by atoms with Crippen LogP contribution >= 0.6 is 11.3 Å². The third-order valence-electron chi connectivity index (χ3n) is 7.02. The van der Waals surface area contributed by atoms with Gasteiger partial charge in [-0.3, -0.25) is 14.4 Å². The Kier molecular flexibility index (Phi) is 5.60. The van der Waals surface area contributed by atoms with E-state index in [1.54, 1.807) is 66.7 Å². The van der Waals surface area contributed by atoms with Crippen molar-refractivity contribution in [3.8, 4) is 0 Å². The molecular formula is C31H19FN4O3S. The molecule has 0 unspecified atom stereocenters. The number of benzodiazepines with no additional fused rings is 1. The number of thiazole rings is 1. The average Bonchev–Trinajstić information content (AvgIpc) is 3.47. The predicted octanol–water partition coefficient (Wildman–Crippen LogP) is 5.44. The van der Waals surface area contributed by atoms with Gasteiger partial charge in [0.2, 0.25) is 6.17 Å². The van der Waals surface area contributed by atoms with Crippen LogP contribution < -0.4 is 4.90 Å². The van der Waals surface area contributed by atoms with Crippen LogP contribution in [0.3, 0.4) is 0 Å². The second-order valence-corrected chi connectivity index (χ2v) is 10.5. The van der Waals surface area contributed by atoms with Gasteiger partial charge in [0.15, 0.2) is 0 Å². The molecule has 0 bridgehead atoms. The number of aliphatic imine (C=N–C) groups is 1. The van der Waals surface area contributed by atoms with Crippen molar-refractivity contribution in [1.29, 1.82) is 0 Å². The van der Waals surface area contributed by atoms with Crippen molar-refractivity contribution in [1.82, 2.24) is 9.88 Å². The van der Waals surface area contributed by atoms with E-state index in [1.807, 2.05) is 24.3 Å². The van der Waals surface area contributed by atoms with Crippen molar-refractivity contribution in [2.24, 2.45) is 4.99 Å². The minimum absolute atomic E-state index is 0.0783. The molecule has 7 rings (SSSR count). The van der Waals surface area contributed by atoms with Gasteiger partial charge in [-0.2, -0.15) is 0 Å². The van der Waals surface area contributed by atoms with Crippen LogP contribution in [0.25, 0.3) is 10.2 Å². The second-order valence-electron chi connectivity index (χ2n) is 9.37. The van der Waals surface area contributed by atoms with Crippen molar-refractivity contribution >= 4 is 50.7 Å². The van der Waals surface area contributed by atoms with Gasteiger partial charge in [0.25, 0.3) is 17.7 Å². The number of fused-ring (bicyclic) bond motifs is 3. The highest BCUT2D eigenvalue weighted by molar-refractivity contribution is 7.18. The molecule has 0 spiro atoms. The van der Waals surface area contributed by atoms with Gasteiger partial charge in [0.1, 0.15) is 10.8 Å². The van der Waals surface area contributed by atoms with E-state index in [0.29, 0.717) is 16.3 Å². The average molecular weight is 547 g/mol. The molecule has 0 fully saturated rings. The summed E-state index contributed by atoms with van der Waals surface area (Å²) in [6, 6.07) is 27.2. The highest BCUT2D eigenvalue weighted by Crippen LogP contribution is 2.35. The van der Waals surface area contributed by atoms with Crippen LogP contribution in [0.2, 0.25) is 0 Å². The van der Waals surface area contributed by atoms with E-state index < -0.39 is 29.7 Å². The Morgan fingerprint density at radius 2 is 1.32 bits per heavy atom. The Hall–Kier alpha value is -5.02. The number of carbonyl (C=O) groups is 3. The Labute approximate surface area is 231 Å². The number of hydrogen-bond acceptors (Lipinski definition) is 6. The molecule has 1 atom stereocenters. The number of anilines is 1. The van der Waals surface area contributed by atoms with Crippen LogP contribution in [0.4, 0.5) is 10.1 Å². The molecule has 40 heavy (non-hydrogen) atoms. The molecule has 0 saturated carbocycles. The molecular weight excluding hydrogens is 527 g/mol. The number of benzene rings is 4. The maximum absolute atomic E-state index is 15.2. The Bertz CT molecular complexity index is 1830. The molecule has 2 aliphatic rings. The van der Waals surface area contributed by atoms with E-state index >= 15 is 4.39 Å². The van der Waals surface area contributed by atoms with Crippen LogP contribution in [0.15, 0.2) is 102 Å². The normalized spacial score (nSPS) is 16.7. The monoisotopic (exact) mass is 546 g/mol. The lowest BCUT2D eigenvalue weighted by Gasteiger charge is -2.27. The summed E-state index contributed by atoms with van der Waals surface area (Å²) >= 11 is 1.45. The Morgan fingerprint density at radius 3 is 2.02 bits per heavy atom. The third-order valence-corrected chi connectivity index (χ3v) is 8.04. The highest BCUT2D eigenvalue weighted by Gasteiger charge is 2.46. The van der Waals surface area contributed by atoms with E-state index in [9.17, 15) is 14.4 Å². The number of aromatic nitrogens is 1. The summed E-state index contributed by atoms with van der Waals surface area (Å²) in [7, 11) is 0. The first-order valence-electron chi connectivity index (χ1n) is 12.6. The highest BCUT2D eigenvalue weighted by atomic mass is 32.1. The van der Waals surface area contributed by atoms with Crippen LogP contribution in [-0.2, 0) is 11.3 Å². The zero-order chi connectivity index (χ0) is 27.4. The standard InChI is InChI=1S/C31H19FN4O3S/c32-22-13-5-3-11-20(22)27-21-12-4-7-15-24(21)35(17-26-33-23-14-6-8-16-25(23)40-26)31(39)28(34-27)36-29(37)18-9-1-2-10-19(18)30(36)38/h1-16,28H,17H2/t28-/m0/s1. The van der Waals surface area contributed by atoms with E-state index in [-0.39, 0.29) is 28.9 Å². The van der Waals surface area contributed by atoms with Crippen molar-refractivity contribution in [3.63, 3.8) is 0 Å². The third kappa shape index (κ3) is 3.74. The minimum atomic E-state index is -1.55. The number of amides is 3. The van der Waals surface area contributed by atoms with E-state index in [2.05, 4.69) is 4.99 Å². The van der Waals surface area contributed by atoms with Gasteiger partial charge in [0.05, 0.1) is 39.3 Å². The van der Waals surface area contributed by atoms with Crippen molar-refractivity contribution in [3.05, 3.63) is 130 Å². The quantitative estimate of drug-likeness (QED) is 0.281. The lowest BCUT2D eigenvalue weighted by molar-refractivity contribution is -0.122. The zero-order valence-corrected chi connectivity index (χ0v) is 21.6. The molecule has 9 heteroatoms. The minimum Gasteiger partial charge on any atom is -0.301 e. The van der Waals surface area contributed by atoms with E-state index in [4.69, 9.17) is 4.98 Å². The SMILES string of the molecule is O=C1[C@H](N2C(=O)c3ccccc3C2=O)N=C(c2ccccc2F)c2ccccc2N1Cc1nc2ccccc2s1. The number of nitrogens with zero attached hydrogens (tertiary/aromatic N) is 4. The number of imide groups is 1. The van der Waals surface area contributed by atoms with Crippen LogP contribution in [0.1, 0.15) is 36.9 Å². The van der Waals surface area contributed by atoms with Crippen LogP contribution in [-0.4, -0.2) is 39.5 Å². The molecule has 3 heterocycles. The van der Waals surface area contributed by atoms with Gasteiger partial charge in [-0.15, -0.1) is 11.3 Å². The van der Waals surface area contributed by atoms with Crippen molar-refractivity contribution in [2.45, 2.75) is 12.7 Å². The van der Waals surface area contributed by atoms with Gasteiger partial charge in [-0.25, -0.2) is 19.3 Å². The van der Waals surface area contributed by atoms with E-state index in [0.717, 1.165) is 15.1 Å². The second kappa shape index (κ2) is 9.32. The lowest BCUT2D eigenvalue weighted by Crippen LogP contribution is -2.49. The molecule has 0 radical (unpaired) electrons. The first-order chi connectivity index (χ1) is 19.5. The number of carbonyl (C=O) groups excluding carboxylic acids is 3.